The van der Waals surface area contributed by atoms with E-state index >= 15 is 0 Å². The summed E-state index contributed by atoms with van der Waals surface area (Å²) in [6, 6.07) is 9.43. The van der Waals surface area contributed by atoms with Crippen LogP contribution in [0, 0.1) is 6.92 Å². The average molecular weight is 408 g/mol. The number of amides is 1. The number of aromatic nitrogens is 3. The van der Waals surface area contributed by atoms with Crippen molar-refractivity contribution in [2.24, 2.45) is 0 Å². The van der Waals surface area contributed by atoms with Gasteiger partial charge < -0.3 is 19.3 Å². The SMILES string of the molecule is COc1ccc(-c2cc(C)cc3c2OC(CNC(=O)c2cc(C(C)C)on2)C3)nn1. The van der Waals surface area contributed by atoms with Crippen LogP contribution in [0.2, 0.25) is 0 Å². The number of rotatable bonds is 6. The lowest BCUT2D eigenvalue weighted by Gasteiger charge is -2.13. The molecule has 2 aromatic heterocycles. The second-order valence-electron chi connectivity index (χ2n) is 7.68. The first-order chi connectivity index (χ1) is 14.4. The summed E-state index contributed by atoms with van der Waals surface area (Å²) in [6.07, 6.45) is 0.524. The van der Waals surface area contributed by atoms with Crippen molar-refractivity contribution in [2.45, 2.75) is 39.2 Å². The number of hydrogen-bond donors (Lipinski definition) is 1. The number of carbonyl (C=O) groups excluding carboxylic acids is 1. The van der Waals surface area contributed by atoms with E-state index in [1.165, 1.54) is 0 Å². The zero-order chi connectivity index (χ0) is 21.3. The Morgan fingerprint density at radius 1 is 1.27 bits per heavy atom. The number of hydrogen-bond acceptors (Lipinski definition) is 7. The summed E-state index contributed by atoms with van der Waals surface area (Å²) in [5.74, 6) is 1.82. The van der Waals surface area contributed by atoms with Crippen LogP contribution in [0.4, 0.5) is 0 Å². The molecule has 1 amide bonds. The Labute approximate surface area is 174 Å². The van der Waals surface area contributed by atoms with Crippen LogP contribution < -0.4 is 14.8 Å². The molecule has 1 aromatic carbocycles. The minimum absolute atomic E-state index is 0.174. The fraction of sp³-hybridized carbons (Fsp3) is 0.364. The molecule has 0 saturated heterocycles. The molecule has 3 aromatic rings. The molecular weight excluding hydrogens is 384 g/mol. The Morgan fingerprint density at radius 3 is 2.77 bits per heavy atom. The van der Waals surface area contributed by atoms with Gasteiger partial charge in [0.1, 0.15) is 17.6 Å². The first kappa shape index (κ1) is 19.9. The number of benzene rings is 1. The third kappa shape index (κ3) is 3.98. The maximum Gasteiger partial charge on any atom is 0.273 e. The third-order valence-corrected chi connectivity index (χ3v) is 4.99. The van der Waals surface area contributed by atoms with Crippen LogP contribution >= 0.6 is 0 Å². The van der Waals surface area contributed by atoms with Crippen molar-refractivity contribution in [3.63, 3.8) is 0 Å². The number of nitrogens with zero attached hydrogens (tertiary/aromatic N) is 3. The van der Waals surface area contributed by atoms with Gasteiger partial charge in [0.05, 0.1) is 19.3 Å². The van der Waals surface area contributed by atoms with Crippen molar-refractivity contribution in [3.8, 4) is 22.9 Å². The molecule has 0 radical (unpaired) electrons. The first-order valence-electron chi connectivity index (χ1n) is 9.87. The molecule has 0 aliphatic carbocycles. The lowest BCUT2D eigenvalue weighted by molar-refractivity contribution is 0.0924. The number of fused-ring (bicyclic) bond motifs is 1. The average Bonchev–Trinajstić information content (AvgIpc) is 3.39. The zero-order valence-electron chi connectivity index (χ0n) is 17.4. The van der Waals surface area contributed by atoms with Crippen molar-refractivity contribution < 1.29 is 18.8 Å². The van der Waals surface area contributed by atoms with Gasteiger partial charge >= 0.3 is 0 Å². The Bertz CT molecular complexity index is 1060. The second-order valence-corrected chi connectivity index (χ2v) is 7.68. The summed E-state index contributed by atoms with van der Waals surface area (Å²) in [5, 5.41) is 15.0. The van der Waals surface area contributed by atoms with Crippen LogP contribution in [0.5, 0.6) is 11.6 Å². The van der Waals surface area contributed by atoms with Crippen molar-refractivity contribution in [1.29, 1.82) is 0 Å². The molecule has 8 nitrogen and oxygen atoms in total. The smallest absolute Gasteiger partial charge is 0.273 e. The molecule has 0 saturated carbocycles. The van der Waals surface area contributed by atoms with Gasteiger partial charge in [-0.1, -0.05) is 25.1 Å². The van der Waals surface area contributed by atoms with Gasteiger partial charge in [0.25, 0.3) is 5.91 Å². The topological polar surface area (TPSA) is 99.4 Å². The van der Waals surface area contributed by atoms with E-state index in [1.54, 1.807) is 19.2 Å². The number of carbonyl (C=O) groups is 1. The molecule has 0 bridgehead atoms. The van der Waals surface area contributed by atoms with Crippen LogP contribution in [0.3, 0.4) is 0 Å². The van der Waals surface area contributed by atoms with E-state index < -0.39 is 0 Å². The van der Waals surface area contributed by atoms with E-state index in [9.17, 15) is 4.79 Å². The van der Waals surface area contributed by atoms with Gasteiger partial charge in [-0.15, -0.1) is 10.2 Å². The van der Waals surface area contributed by atoms with Gasteiger partial charge in [0.2, 0.25) is 5.88 Å². The molecule has 0 spiro atoms. The van der Waals surface area contributed by atoms with Crippen LogP contribution in [0.1, 0.15) is 47.1 Å². The van der Waals surface area contributed by atoms with E-state index in [0.717, 1.165) is 22.4 Å². The molecule has 30 heavy (non-hydrogen) atoms. The molecule has 1 unspecified atom stereocenters. The van der Waals surface area contributed by atoms with Crippen LogP contribution in [-0.4, -0.2) is 41.0 Å². The van der Waals surface area contributed by atoms with E-state index in [4.69, 9.17) is 14.0 Å². The normalized spacial score (nSPS) is 15.0. The van der Waals surface area contributed by atoms with E-state index in [-0.39, 0.29) is 23.6 Å². The van der Waals surface area contributed by atoms with Gasteiger partial charge in [-0.05, 0) is 30.2 Å². The van der Waals surface area contributed by atoms with Crippen molar-refractivity contribution in [2.75, 3.05) is 13.7 Å². The lowest BCUT2D eigenvalue weighted by Crippen LogP contribution is -2.34. The van der Waals surface area contributed by atoms with E-state index in [1.807, 2.05) is 32.9 Å². The minimum atomic E-state index is -0.275. The van der Waals surface area contributed by atoms with Gasteiger partial charge in [-0.25, -0.2) is 0 Å². The summed E-state index contributed by atoms with van der Waals surface area (Å²) in [4.78, 5) is 12.4. The molecule has 3 heterocycles. The largest absolute Gasteiger partial charge is 0.487 e. The highest BCUT2D eigenvalue weighted by Crippen LogP contribution is 2.39. The predicted molar refractivity (Wildman–Crippen MR) is 110 cm³/mol. The molecule has 1 N–H and O–H groups in total. The summed E-state index contributed by atoms with van der Waals surface area (Å²) in [6.45, 7) is 6.37. The highest BCUT2D eigenvalue weighted by atomic mass is 16.5. The number of aryl methyl sites for hydroxylation is 1. The Hall–Kier alpha value is -3.42. The van der Waals surface area contributed by atoms with Crippen LogP contribution in [0.15, 0.2) is 34.9 Å². The lowest BCUT2D eigenvalue weighted by atomic mass is 10.0. The Balaban J connectivity index is 1.46. The molecule has 1 aliphatic heterocycles. The van der Waals surface area contributed by atoms with E-state index in [0.29, 0.717) is 30.3 Å². The number of ether oxygens (including phenoxy) is 2. The van der Waals surface area contributed by atoms with Crippen molar-refractivity contribution >= 4 is 5.91 Å². The third-order valence-electron chi connectivity index (χ3n) is 4.99. The number of methoxy groups -OCH3 is 1. The molecule has 156 valence electrons. The molecular formula is C22H24N4O4. The maximum atomic E-state index is 12.4. The summed E-state index contributed by atoms with van der Waals surface area (Å²) < 4.78 is 16.5. The highest BCUT2D eigenvalue weighted by Gasteiger charge is 2.28. The molecule has 0 fully saturated rings. The van der Waals surface area contributed by atoms with E-state index in [2.05, 4.69) is 26.7 Å². The van der Waals surface area contributed by atoms with Gasteiger partial charge in [0.15, 0.2) is 5.69 Å². The van der Waals surface area contributed by atoms with Gasteiger partial charge in [-0.2, -0.15) is 0 Å². The quantitative estimate of drug-likeness (QED) is 0.668. The van der Waals surface area contributed by atoms with Crippen molar-refractivity contribution in [3.05, 3.63) is 52.9 Å². The zero-order valence-corrected chi connectivity index (χ0v) is 17.4. The number of nitrogens with one attached hydrogen (secondary N) is 1. The molecule has 1 aliphatic rings. The maximum absolute atomic E-state index is 12.4. The minimum Gasteiger partial charge on any atom is -0.487 e. The standard InChI is InChI=1S/C22H24N4O4/c1-12(2)19-10-18(26-30-19)22(27)23-11-15-9-14-7-13(3)8-16(21(14)29-15)17-5-6-20(28-4)25-24-17/h5-8,10,12,15H,9,11H2,1-4H3,(H,23,27). The second kappa shape index (κ2) is 8.14. The first-order valence-corrected chi connectivity index (χ1v) is 9.87. The van der Waals surface area contributed by atoms with Crippen molar-refractivity contribution in [1.82, 2.24) is 20.7 Å². The molecule has 4 rings (SSSR count). The predicted octanol–water partition coefficient (Wildman–Crippen LogP) is 3.31. The van der Waals surface area contributed by atoms with Gasteiger partial charge in [-0.3, -0.25) is 4.79 Å². The summed E-state index contributed by atoms with van der Waals surface area (Å²) >= 11 is 0. The Morgan fingerprint density at radius 2 is 2.10 bits per heavy atom. The molecule has 8 heteroatoms. The highest BCUT2D eigenvalue weighted by molar-refractivity contribution is 5.92. The molecule has 1 atom stereocenters. The van der Waals surface area contributed by atoms with Crippen LogP contribution in [-0.2, 0) is 6.42 Å². The summed E-state index contributed by atoms with van der Waals surface area (Å²) in [7, 11) is 1.55. The fourth-order valence-corrected chi connectivity index (χ4v) is 3.43. The fourth-order valence-electron chi connectivity index (χ4n) is 3.43. The Kier molecular flexibility index (Phi) is 5.39. The van der Waals surface area contributed by atoms with Gasteiger partial charge in [0, 0.05) is 30.0 Å². The monoisotopic (exact) mass is 408 g/mol. The summed E-state index contributed by atoms with van der Waals surface area (Å²) in [5.41, 5.74) is 4.07. The van der Waals surface area contributed by atoms with Crippen LogP contribution in [0.25, 0.3) is 11.3 Å².